The van der Waals surface area contributed by atoms with Crippen molar-refractivity contribution in [2.75, 3.05) is 31.2 Å². The molecule has 1 spiro atoms. The average Bonchev–Trinajstić information content (AvgIpc) is 2.38. The van der Waals surface area contributed by atoms with E-state index in [2.05, 4.69) is 38.8 Å². The summed E-state index contributed by atoms with van der Waals surface area (Å²) in [7, 11) is 0. The molecule has 0 amide bonds. The van der Waals surface area contributed by atoms with Crippen LogP contribution < -0.4 is 4.90 Å². The molecule has 2 atom stereocenters. The first-order chi connectivity index (χ1) is 9.17. The van der Waals surface area contributed by atoms with Crippen molar-refractivity contribution in [1.29, 1.82) is 0 Å². The summed E-state index contributed by atoms with van der Waals surface area (Å²) in [5.74, 6) is 0. The molecule has 2 aliphatic rings. The number of aromatic nitrogens is 1. The Kier molecular flexibility index (Phi) is 3.78. The van der Waals surface area contributed by atoms with Gasteiger partial charge < -0.3 is 14.4 Å². The second kappa shape index (κ2) is 5.38. The van der Waals surface area contributed by atoms with Crippen LogP contribution in [0.15, 0.2) is 22.9 Å². The van der Waals surface area contributed by atoms with Crippen LogP contribution in [-0.2, 0) is 9.47 Å². The molecular formula is C14H19BrN2O2. The van der Waals surface area contributed by atoms with E-state index in [0.717, 1.165) is 42.7 Å². The molecule has 3 heterocycles. The lowest BCUT2D eigenvalue weighted by Crippen LogP contribution is -2.58. The van der Waals surface area contributed by atoms with Crippen molar-refractivity contribution < 1.29 is 9.47 Å². The summed E-state index contributed by atoms with van der Waals surface area (Å²) >= 11 is 3.49. The molecule has 0 aliphatic carbocycles. The molecule has 104 valence electrons. The van der Waals surface area contributed by atoms with E-state index in [1.807, 2.05) is 12.4 Å². The van der Waals surface area contributed by atoms with E-state index in [1.54, 1.807) is 0 Å². The van der Waals surface area contributed by atoms with Gasteiger partial charge >= 0.3 is 0 Å². The lowest BCUT2D eigenvalue weighted by molar-refractivity contribution is -0.160. The van der Waals surface area contributed by atoms with Crippen LogP contribution >= 0.6 is 15.9 Å². The first-order valence-corrected chi connectivity index (χ1v) is 7.57. The lowest BCUT2D eigenvalue weighted by atomic mass is 9.93. The number of hydrogen-bond acceptors (Lipinski definition) is 4. The third-order valence-electron chi connectivity index (χ3n) is 3.75. The number of nitrogens with zero attached hydrogens (tertiary/aromatic N) is 2. The van der Waals surface area contributed by atoms with Gasteiger partial charge in [-0.15, -0.1) is 0 Å². The van der Waals surface area contributed by atoms with Gasteiger partial charge in [0.15, 0.2) is 0 Å². The van der Waals surface area contributed by atoms with Gasteiger partial charge in [-0.25, -0.2) is 0 Å². The summed E-state index contributed by atoms with van der Waals surface area (Å²) < 4.78 is 12.9. The Bertz CT molecular complexity index is 449. The van der Waals surface area contributed by atoms with Crippen molar-refractivity contribution >= 4 is 21.6 Å². The molecule has 2 saturated heterocycles. The van der Waals surface area contributed by atoms with E-state index in [0.29, 0.717) is 6.61 Å². The maximum absolute atomic E-state index is 6.20. The number of morpholine rings is 1. The van der Waals surface area contributed by atoms with Gasteiger partial charge in [0.2, 0.25) is 0 Å². The van der Waals surface area contributed by atoms with Crippen molar-refractivity contribution in [3.63, 3.8) is 0 Å². The van der Waals surface area contributed by atoms with E-state index in [1.165, 1.54) is 0 Å². The molecular weight excluding hydrogens is 308 g/mol. The Hall–Kier alpha value is -0.650. The maximum Gasteiger partial charge on any atom is 0.109 e. The smallest absolute Gasteiger partial charge is 0.109 e. The summed E-state index contributed by atoms with van der Waals surface area (Å²) in [6.07, 6.45) is 6.11. The topological polar surface area (TPSA) is 34.6 Å². The summed E-state index contributed by atoms with van der Waals surface area (Å²) in [5.41, 5.74) is 1.01. The first-order valence-electron chi connectivity index (χ1n) is 6.78. The molecule has 3 rings (SSSR count). The van der Waals surface area contributed by atoms with E-state index in [9.17, 15) is 0 Å². The minimum absolute atomic E-state index is 0.141. The van der Waals surface area contributed by atoms with Crippen LogP contribution in [0.1, 0.15) is 19.8 Å². The third-order valence-corrected chi connectivity index (χ3v) is 4.18. The zero-order valence-corrected chi connectivity index (χ0v) is 12.7. The zero-order chi connectivity index (χ0) is 13.3. The molecule has 0 unspecified atom stereocenters. The lowest BCUT2D eigenvalue weighted by Gasteiger charge is -2.48. The van der Waals surface area contributed by atoms with Crippen molar-refractivity contribution in [2.45, 2.75) is 31.5 Å². The third kappa shape index (κ3) is 2.93. The van der Waals surface area contributed by atoms with Crippen LogP contribution in [0, 0.1) is 0 Å². The van der Waals surface area contributed by atoms with Gasteiger partial charge in [-0.1, -0.05) is 0 Å². The fourth-order valence-corrected chi connectivity index (χ4v) is 3.39. The van der Waals surface area contributed by atoms with Crippen molar-refractivity contribution in [3.05, 3.63) is 22.9 Å². The Morgan fingerprint density at radius 2 is 2.37 bits per heavy atom. The molecule has 0 radical (unpaired) electrons. The van der Waals surface area contributed by atoms with Gasteiger partial charge in [0, 0.05) is 30.4 Å². The van der Waals surface area contributed by atoms with E-state index < -0.39 is 0 Å². The SMILES string of the molecule is C[C@@H]1CN(c2cncc(Br)c2)C[C@@]2(CCCOC2)O1. The Morgan fingerprint density at radius 3 is 3.11 bits per heavy atom. The maximum atomic E-state index is 6.20. The molecule has 0 bridgehead atoms. The normalized spacial score (nSPS) is 31.7. The molecule has 4 nitrogen and oxygen atoms in total. The highest BCUT2D eigenvalue weighted by atomic mass is 79.9. The number of rotatable bonds is 1. The largest absolute Gasteiger partial charge is 0.378 e. The monoisotopic (exact) mass is 326 g/mol. The summed E-state index contributed by atoms with van der Waals surface area (Å²) in [4.78, 5) is 6.62. The van der Waals surface area contributed by atoms with Crippen LogP contribution in [-0.4, -0.2) is 43.0 Å². The standard InChI is InChI=1S/C14H19BrN2O2/c1-11-8-17(13-5-12(15)6-16-7-13)9-14(19-11)3-2-4-18-10-14/h5-7,11H,2-4,8-10H2,1H3/t11-,14-/m1/s1. The van der Waals surface area contributed by atoms with Crippen LogP contribution in [0.5, 0.6) is 0 Å². The molecule has 0 aromatic carbocycles. The fourth-order valence-electron chi connectivity index (χ4n) is 3.04. The zero-order valence-electron chi connectivity index (χ0n) is 11.1. The van der Waals surface area contributed by atoms with Crippen LogP contribution in [0.25, 0.3) is 0 Å². The quantitative estimate of drug-likeness (QED) is 0.794. The van der Waals surface area contributed by atoms with Gasteiger partial charge in [-0.05, 0) is 41.8 Å². The molecule has 5 heteroatoms. The number of halogens is 1. The fraction of sp³-hybridized carbons (Fsp3) is 0.643. The van der Waals surface area contributed by atoms with Gasteiger partial charge in [-0.2, -0.15) is 0 Å². The van der Waals surface area contributed by atoms with Gasteiger partial charge in [0.25, 0.3) is 0 Å². The van der Waals surface area contributed by atoms with Gasteiger partial charge in [0.1, 0.15) is 5.60 Å². The summed E-state index contributed by atoms with van der Waals surface area (Å²) in [6, 6.07) is 2.11. The number of ether oxygens (including phenoxy) is 2. The van der Waals surface area contributed by atoms with Crippen LogP contribution in [0.4, 0.5) is 5.69 Å². The van der Waals surface area contributed by atoms with Crippen molar-refractivity contribution in [3.8, 4) is 0 Å². The Labute approximate surface area is 122 Å². The van der Waals surface area contributed by atoms with E-state index in [4.69, 9.17) is 9.47 Å². The molecule has 2 fully saturated rings. The highest BCUT2D eigenvalue weighted by Gasteiger charge is 2.41. The molecule has 0 saturated carbocycles. The number of pyridine rings is 1. The van der Waals surface area contributed by atoms with Gasteiger partial charge in [0.05, 0.1) is 24.6 Å². The molecule has 2 aliphatic heterocycles. The first kappa shape index (κ1) is 13.3. The van der Waals surface area contributed by atoms with Crippen LogP contribution in [0.3, 0.4) is 0 Å². The number of anilines is 1. The second-order valence-corrected chi connectivity index (χ2v) is 6.43. The minimum atomic E-state index is -0.141. The van der Waals surface area contributed by atoms with E-state index in [-0.39, 0.29) is 11.7 Å². The molecule has 1 aromatic heterocycles. The summed E-state index contributed by atoms with van der Waals surface area (Å²) in [5, 5.41) is 0. The predicted octanol–water partition coefficient (Wildman–Crippen LogP) is 2.62. The molecule has 19 heavy (non-hydrogen) atoms. The Balaban J connectivity index is 1.82. The van der Waals surface area contributed by atoms with Crippen LogP contribution in [0.2, 0.25) is 0 Å². The molecule has 1 aromatic rings. The Morgan fingerprint density at radius 1 is 1.47 bits per heavy atom. The highest BCUT2D eigenvalue weighted by Crippen LogP contribution is 2.32. The van der Waals surface area contributed by atoms with Crippen molar-refractivity contribution in [2.24, 2.45) is 0 Å². The van der Waals surface area contributed by atoms with Crippen molar-refractivity contribution in [1.82, 2.24) is 4.98 Å². The highest BCUT2D eigenvalue weighted by molar-refractivity contribution is 9.10. The summed E-state index contributed by atoms with van der Waals surface area (Å²) in [6.45, 7) is 5.48. The van der Waals surface area contributed by atoms with Gasteiger partial charge in [-0.3, -0.25) is 4.98 Å². The predicted molar refractivity (Wildman–Crippen MR) is 77.5 cm³/mol. The second-order valence-electron chi connectivity index (χ2n) is 5.51. The molecule has 0 N–H and O–H groups in total. The average molecular weight is 327 g/mol. The van der Waals surface area contributed by atoms with E-state index >= 15 is 0 Å². The minimum Gasteiger partial charge on any atom is -0.378 e. The number of hydrogen-bond donors (Lipinski definition) is 0.